The highest BCUT2D eigenvalue weighted by Crippen LogP contribution is 2.26. The number of benzene rings is 2. The minimum atomic E-state index is 0.0384. The lowest BCUT2D eigenvalue weighted by Crippen LogP contribution is -2.02. The van der Waals surface area contributed by atoms with E-state index in [4.69, 9.17) is 10.00 Å². The molecule has 0 aromatic heterocycles. The molecule has 0 spiro atoms. The Morgan fingerprint density at radius 1 is 1.05 bits per heavy atom. The lowest BCUT2D eigenvalue weighted by Gasteiger charge is -2.14. The maximum Gasteiger partial charge on any atom is 0.125 e. The quantitative estimate of drug-likeness (QED) is 0.932. The second-order valence-electron chi connectivity index (χ2n) is 5.26. The summed E-state index contributed by atoms with van der Waals surface area (Å²) in [6.07, 6.45) is 0. The average molecular weight is 281 g/mol. The molecule has 0 heterocycles. The molecule has 0 saturated heterocycles. The Balaban J connectivity index is 2.19. The molecular formula is C18H19NO2. The van der Waals surface area contributed by atoms with E-state index in [1.54, 1.807) is 6.07 Å². The summed E-state index contributed by atoms with van der Waals surface area (Å²) in [6, 6.07) is 11.6. The summed E-state index contributed by atoms with van der Waals surface area (Å²) in [6.45, 7) is 6.45. The Labute approximate surface area is 125 Å². The molecule has 1 N–H and O–H groups in total. The van der Waals surface area contributed by atoms with Gasteiger partial charge in [0, 0.05) is 0 Å². The number of aliphatic hydroxyl groups excluding tert-OH is 1. The van der Waals surface area contributed by atoms with Gasteiger partial charge in [0.1, 0.15) is 12.4 Å². The molecule has 2 aromatic carbocycles. The van der Waals surface area contributed by atoms with E-state index < -0.39 is 0 Å². The fourth-order valence-corrected chi connectivity index (χ4v) is 2.44. The first-order valence-electron chi connectivity index (χ1n) is 6.88. The van der Waals surface area contributed by atoms with Crippen LogP contribution in [0.5, 0.6) is 5.75 Å². The van der Waals surface area contributed by atoms with E-state index in [9.17, 15) is 5.11 Å². The molecule has 0 saturated carbocycles. The van der Waals surface area contributed by atoms with Gasteiger partial charge in [0.2, 0.25) is 0 Å². The maximum atomic E-state index is 9.20. The molecule has 3 nitrogen and oxygen atoms in total. The summed E-state index contributed by atoms with van der Waals surface area (Å²) in [5.74, 6) is 0.857. The molecular weight excluding hydrogens is 262 g/mol. The number of hydrogen-bond acceptors (Lipinski definition) is 3. The normalized spacial score (nSPS) is 10.2. The second kappa shape index (κ2) is 6.43. The molecule has 0 fully saturated rings. The van der Waals surface area contributed by atoms with Gasteiger partial charge >= 0.3 is 0 Å². The van der Waals surface area contributed by atoms with E-state index in [1.807, 2.05) is 45.0 Å². The van der Waals surface area contributed by atoms with Gasteiger partial charge < -0.3 is 9.84 Å². The van der Waals surface area contributed by atoms with Crippen molar-refractivity contribution in [3.05, 3.63) is 63.7 Å². The zero-order valence-electron chi connectivity index (χ0n) is 12.6. The summed E-state index contributed by atoms with van der Waals surface area (Å²) in [5.41, 5.74) is 5.72. The van der Waals surface area contributed by atoms with Gasteiger partial charge in [-0.3, -0.25) is 0 Å². The van der Waals surface area contributed by atoms with Crippen LogP contribution in [0.3, 0.4) is 0 Å². The van der Waals surface area contributed by atoms with E-state index in [2.05, 4.69) is 6.07 Å². The monoisotopic (exact) mass is 281 g/mol. The standard InChI is InChI=1S/C18H19NO2/c1-12-6-15(9-19)4-5-17(12)11-21-18-13(2)7-16(10-20)8-14(18)3/h4-8,20H,10-11H2,1-3H3. The second-order valence-corrected chi connectivity index (χ2v) is 5.26. The molecule has 3 heteroatoms. The van der Waals surface area contributed by atoms with E-state index in [0.717, 1.165) is 33.6 Å². The minimum Gasteiger partial charge on any atom is -0.488 e. The first kappa shape index (κ1) is 15.1. The highest BCUT2D eigenvalue weighted by Gasteiger charge is 2.08. The molecule has 21 heavy (non-hydrogen) atoms. The van der Waals surface area contributed by atoms with Crippen LogP contribution in [0.4, 0.5) is 0 Å². The molecule has 0 atom stereocenters. The van der Waals surface area contributed by atoms with E-state index in [0.29, 0.717) is 12.2 Å². The molecule has 0 aliphatic heterocycles. The van der Waals surface area contributed by atoms with Crippen LogP contribution in [0.15, 0.2) is 30.3 Å². The van der Waals surface area contributed by atoms with E-state index in [1.165, 1.54) is 0 Å². The third-order valence-corrected chi connectivity index (χ3v) is 3.55. The Kier molecular flexibility index (Phi) is 4.62. The Morgan fingerprint density at radius 3 is 2.24 bits per heavy atom. The van der Waals surface area contributed by atoms with Gasteiger partial charge in [0.15, 0.2) is 0 Å². The van der Waals surface area contributed by atoms with Crippen molar-refractivity contribution in [2.45, 2.75) is 34.0 Å². The van der Waals surface area contributed by atoms with Crippen molar-refractivity contribution in [2.24, 2.45) is 0 Å². The lowest BCUT2D eigenvalue weighted by molar-refractivity contribution is 0.280. The molecule has 108 valence electrons. The molecule has 2 rings (SSSR count). The lowest BCUT2D eigenvalue weighted by atomic mass is 10.1. The van der Waals surface area contributed by atoms with Crippen LogP contribution >= 0.6 is 0 Å². The zero-order chi connectivity index (χ0) is 15.4. The number of rotatable bonds is 4. The molecule has 0 aliphatic rings. The fraction of sp³-hybridized carbons (Fsp3) is 0.278. The van der Waals surface area contributed by atoms with Gasteiger partial charge in [-0.05, 0) is 60.7 Å². The molecule has 0 aliphatic carbocycles. The summed E-state index contributed by atoms with van der Waals surface area (Å²) < 4.78 is 5.94. The van der Waals surface area contributed by atoms with Gasteiger partial charge in [-0.15, -0.1) is 0 Å². The summed E-state index contributed by atoms with van der Waals surface area (Å²) in [7, 11) is 0. The molecule has 0 bridgehead atoms. The van der Waals surface area contributed by atoms with Crippen molar-refractivity contribution >= 4 is 0 Å². The van der Waals surface area contributed by atoms with Gasteiger partial charge in [0.25, 0.3) is 0 Å². The predicted molar refractivity (Wildman–Crippen MR) is 82.1 cm³/mol. The minimum absolute atomic E-state index is 0.0384. The van der Waals surface area contributed by atoms with E-state index in [-0.39, 0.29) is 6.61 Å². The van der Waals surface area contributed by atoms with Crippen LogP contribution in [0.1, 0.15) is 33.4 Å². The van der Waals surface area contributed by atoms with Gasteiger partial charge in [-0.2, -0.15) is 5.26 Å². The van der Waals surface area contributed by atoms with Gasteiger partial charge in [0.05, 0.1) is 18.2 Å². The van der Waals surface area contributed by atoms with Crippen molar-refractivity contribution in [1.82, 2.24) is 0 Å². The molecule has 0 radical (unpaired) electrons. The number of hydrogen-bond donors (Lipinski definition) is 1. The van der Waals surface area contributed by atoms with Gasteiger partial charge in [-0.1, -0.05) is 18.2 Å². The number of aryl methyl sites for hydroxylation is 3. The van der Waals surface area contributed by atoms with Crippen LogP contribution in [0.2, 0.25) is 0 Å². The third kappa shape index (κ3) is 3.42. The van der Waals surface area contributed by atoms with Crippen molar-refractivity contribution < 1.29 is 9.84 Å². The van der Waals surface area contributed by atoms with Crippen molar-refractivity contribution in [2.75, 3.05) is 0 Å². The first-order valence-corrected chi connectivity index (χ1v) is 6.88. The SMILES string of the molecule is Cc1cc(C#N)ccc1COc1c(C)cc(CO)cc1C. The molecule has 2 aromatic rings. The zero-order valence-corrected chi connectivity index (χ0v) is 12.6. The maximum absolute atomic E-state index is 9.20. The predicted octanol–water partition coefficient (Wildman–Crippen LogP) is 3.55. The van der Waals surface area contributed by atoms with Crippen LogP contribution < -0.4 is 4.74 Å². The van der Waals surface area contributed by atoms with Gasteiger partial charge in [-0.25, -0.2) is 0 Å². The van der Waals surface area contributed by atoms with Crippen LogP contribution in [-0.4, -0.2) is 5.11 Å². The average Bonchev–Trinajstić information content (AvgIpc) is 2.47. The smallest absolute Gasteiger partial charge is 0.125 e. The van der Waals surface area contributed by atoms with Crippen molar-refractivity contribution in [3.63, 3.8) is 0 Å². The van der Waals surface area contributed by atoms with Crippen LogP contribution in [-0.2, 0) is 13.2 Å². The number of aliphatic hydroxyl groups is 1. The van der Waals surface area contributed by atoms with Crippen molar-refractivity contribution in [3.8, 4) is 11.8 Å². The summed E-state index contributed by atoms with van der Waals surface area (Å²) in [4.78, 5) is 0. The highest BCUT2D eigenvalue weighted by atomic mass is 16.5. The fourth-order valence-electron chi connectivity index (χ4n) is 2.44. The Bertz CT molecular complexity index is 676. The summed E-state index contributed by atoms with van der Waals surface area (Å²) in [5, 5.41) is 18.1. The highest BCUT2D eigenvalue weighted by molar-refractivity contribution is 5.44. The molecule has 0 amide bonds. The molecule has 0 unspecified atom stereocenters. The van der Waals surface area contributed by atoms with Crippen molar-refractivity contribution in [1.29, 1.82) is 5.26 Å². The van der Waals surface area contributed by atoms with E-state index >= 15 is 0 Å². The number of ether oxygens (including phenoxy) is 1. The first-order chi connectivity index (χ1) is 10.0. The Hall–Kier alpha value is -2.31. The number of nitrogens with zero attached hydrogens (tertiary/aromatic N) is 1. The largest absolute Gasteiger partial charge is 0.488 e. The van der Waals surface area contributed by atoms with Crippen LogP contribution in [0.25, 0.3) is 0 Å². The summed E-state index contributed by atoms with van der Waals surface area (Å²) >= 11 is 0. The van der Waals surface area contributed by atoms with Crippen LogP contribution in [0, 0.1) is 32.1 Å². The third-order valence-electron chi connectivity index (χ3n) is 3.55. The Morgan fingerprint density at radius 2 is 1.71 bits per heavy atom. The topological polar surface area (TPSA) is 53.2 Å². The number of nitriles is 1.